The molecule has 2 rings (SSSR count). The van der Waals surface area contributed by atoms with E-state index in [9.17, 15) is 8.42 Å². The summed E-state index contributed by atoms with van der Waals surface area (Å²) >= 11 is 0. The van der Waals surface area contributed by atoms with Gasteiger partial charge in [0.1, 0.15) is 0 Å². The van der Waals surface area contributed by atoms with E-state index in [0.717, 1.165) is 11.4 Å². The number of hydrogen-bond acceptors (Lipinski definition) is 4. The monoisotopic (exact) mass is 308 g/mol. The van der Waals surface area contributed by atoms with Crippen molar-refractivity contribution in [3.63, 3.8) is 0 Å². The van der Waals surface area contributed by atoms with Gasteiger partial charge in [0.25, 0.3) is 0 Å². The summed E-state index contributed by atoms with van der Waals surface area (Å²) in [5.41, 5.74) is 1.68. The van der Waals surface area contributed by atoms with Gasteiger partial charge in [-0.25, -0.2) is 12.7 Å². The fourth-order valence-corrected chi connectivity index (χ4v) is 2.67. The summed E-state index contributed by atoms with van der Waals surface area (Å²) in [7, 11) is -0.353. The van der Waals surface area contributed by atoms with E-state index in [-0.39, 0.29) is 4.90 Å². The fourth-order valence-electron chi connectivity index (χ4n) is 1.77. The summed E-state index contributed by atoms with van der Waals surface area (Å²) in [6, 6.07) is 6.95. The van der Waals surface area contributed by atoms with Gasteiger partial charge in [-0.05, 0) is 38.1 Å². The summed E-state index contributed by atoms with van der Waals surface area (Å²) in [6.07, 6.45) is 3.65. The van der Waals surface area contributed by atoms with E-state index < -0.39 is 10.0 Å². The Morgan fingerprint density at radius 1 is 1.14 bits per heavy atom. The first kappa shape index (κ1) is 15.5. The topological polar surface area (TPSA) is 67.2 Å². The molecule has 0 bridgehead atoms. The largest absolute Gasteiger partial charge is 0.353 e. The van der Waals surface area contributed by atoms with Crippen LogP contribution in [0.5, 0.6) is 0 Å². The number of rotatable bonds is 5. The Kier molecular flexibility index (Phi) is 4.34. The highest BCUT2D eigenvalue weighted by Gasteiger charge is 2.16. The molecule has 7 heteroatoms. The van der Waals surface area contributed by atoms with Gasteiger partial charge in [0.2, 0.25) is 10.0 Å². The van der Waals surface area contributed by atoms with Crippen LogP contribution in [-0.4, -0.2) is 36.6 Å². The van der Waals surface area contributed by atoms with Crippen LogP contribution in [-0.2, 0) is 10.0 Å². The maximum atomic E-state index is 12.0. The van der Waals surface area contributed by atoms with Crippen molar-refractivity contribution in [1.29, 1.82) is 0 Å². The van der Waals surface area contributed by atoms with E-state index in [2.05, 4.69) is 24.3 Å². The second-order valence-corrected chi connectivity index (χ2v) is 7.39. The summed E-state index contributed by atoms with van der Waals surface area (Å²) in [5, 5.41) is 7.44. The van der Waals surface area contributed by atoms with Crippen molar-refractivity contribution in [3.05, 3.63) is 36.7 Å². The lowest BCUT2D eigenvalue weighted by atomic mass is 10.3. The molecule has 21 heavy (non-hydrogen) atoms. The van der Waals surface area contributed by atoms with Crippen LogP contribution in [0.15, 0.2) is 41.6 Å². The minimum Gasteiger partial charge on any atom is -0.353 e. The number of anilines is 2. The SMILES string of the molecule is CC(C)n1cc(Nc2ccc(S(=O)(=O)N(C)C)cc2)cn1. The van der Waals surface area contributed by atoms with Gasteiger partial charge in [-0.15, -0.1) is 0 Å². The third kappa shape index (κ3) is 3.43. The number of nitrogens with one attached hydrogen (secondary N) is 1. The van der Waals surface area contributed by atoms with E-state index in [0.29, 0.717) is 6.04 Å². The fraction of sp³-hybridized carbons (Fsp3) is 0.357. The van der Waals surface area contributed by atoms with Gasteiger partial charge in [0.05, 0.1) is 16.8 Å². The van der Waals surface area contributed by atoms with Gasteiger partial charge in [-0.3, -0.25) is 4.68 Å². The summed E-state index contributed by atoms with van der Waals surface area (Å²) in [6.45, 7) is 4.11. The van der Waals surface area contributed by atoms with Crippen molar-refractivity contribution in [3.8, 4) is 0 Å². The lowest BCUT2D eigenvalue weighted by molar-refractivity contribution is 0.521. The summed E-state index contributed by atoms with van der Waals surface area (Å²) in [5.74, 6) is 0. The average Bonchev–Trinajstić information content (AvgIpc) is 2.88. The smallest absolute Gasteiger partial charge is 0.242 e. The molecule has 0 atom stereocenters. The zero-order chi connectivity index (χ0) is 15.6. The number of benzene rings is 1. The number of nitrogens with zero attached hydrogens (tertiary/aromatic N) is 3. The van der Waals surface area contributed by atoms with Crippen molar-refractivity contribution >= 4 is 21.4 Å². The highest BCUT2D eigenvalue weighted by Crippen LogP contribution is 2.20. The van der Waals surface area contributed by atoms with Gasteiger partial charge in [-0.2, -0.15) is 5.10 Å². The molecule has 0 saturated heterocycles. The van der Waals surface area contributed by atoms with Crippen molar-refractivity contribution in [2.45, 2.75) is 24.8 Å². The van der Waals surface area contributed by atoms with Crippen LogP contribution in [0.2, 0.25) is 0 Å². The molecule has 0 amide bonds. The molecule has 1 heterocycles. The summed E-state index contributed by atoms with van der Waals surface area (Å²) < 4.78 is 27.0. The van der Waals surface area contributed by atoms with Crippen molar-refractivity contribution in [1.82, 2.24) is 14.1 Å². The molecule has 0 aliphatic heterocycles. The Hall–Kier alpha value is -1.86. The molecule has 2 aromatic rings. The lowest BCUT2D eigenvalue weighted by Gasteiger charge is -2.12. The molecule has 0 aliphatic rings. The maximum Gasteiger partial charge on any atom is 0.242 e. The van der Waals surface area contributed by atoms with Crippen LogP contribution in [0.25, 0.3) is 0 Å². The van der Waals surface area contributed by atoms with E-state index in [4.69, 9.17) is 0 Å². The second-order valence-electron chi connectivity index (χ2n) is 5.24. The number of aromatic nitrogens is 2. The van der Waals surface area contributed by atoms with Gasteiger partial charge < -0.3 is 5.32 Å². The number of sulfonamides is 1. The van der Waals surface area contributed by atoms with Crippen molar-refractivity contribution in [2.75, 3.05) is 19.4 Å². The van der Waals surface area contributed by atoms with Gasteiger partial charge in [-0.1, -0.05) is 0 Å². The predicted molar refractivity (Wildman–Crippen MR) is 83.2 cm³/mol. The van der Waals surface area contributed by atoms with Gasteiger partial charge in [0, 0.05) is 32.0 Å². The Labute approximate surface area is 125 Å². The molecule has 1 N–H and O–H groups in total. The minimum atomic E-state index is -3.38. The van der Waals surface area contributed by atoms with Crippen molar-refractivity contribution < 1.29 is 8.42 Å². The molecule has 6 nitrogen and oxygen atoms in total. The van der Waals surface area contributed by atoms with E-state index in [1.54, 1.807) is 30.5 Å². The molecular formula is C14H20N4O2S. The third-order valence-electron chi connectivity index (χ3n) is 3.05. The van der Waals surface area contributed by atoms with Crippen LogP contribution < -0.4 is 5.32 Å². The Morgan fingerprint density at radius 2 is 1.76 bits per heavy atom. The molecule has 0 spiro atoms. The quantitative estimate of drug-likeness (QED) is 0.921. The first-order valence-electron chi connectivity index (χ1n) is 6.64. The number of hydrogen-bond donors (Lipinski definition) is 1. The normalized spacial score (nSPS) is 12.1. The zero-order valence-electron chi connectivity index (χ0n) is 12.6. The molecule has 0 saturated carbocycles. The van der Waals surface area contributed by atoms with Crippen LogP contribution in [0, 0.1) is 0 Å². The first-order chi connectivity index (χ1) is 9.80. The van der Waals surface area contributed by atoms with Crippen LogP contribution >= 0.6 is 0 Å². The molecule has 0 radical (unpaired) electrons. The van der Waals surface area contributed by atoms with E-state index >= 15 is 0 Å². The molecule has 0 aliphatic carbocycles. The lowest BCUT2D eigenvalue weighted by Crippen LogP contribution is -2.22. The van der Waals surface area contributed by atoms with Crippen molar-refractivity contribution in [2.24, 2.45) is 0 Å². The Balaban J connectivity index is 2.16. The standard InChI is InChI=1S/C14H20N4O2S/c1-11(2)18-10-13(9-15-18)16-12-5-7-14(8-6-12)21(19,20)17(3)4/h5-11,16H,1-4H3. The maximum absolute atomic E-state index is 12.0. The molecule has 1 aromatic carbocycles. The molecule has 1 aromatic heterocycles. The average molecular weight is 308 g/mol. The van der Waals surface area contributed by atoms with E-state index in [1.807, 2.05) is 10.9 Å². The van der Waals surface area contributed by atoms with Gasteiger partial charge in [0.15, 0.2) is 0 Å². The zero-order valence-corrected chi connectivity index (χ0v) is 13.4. The first-order valence-corrected chi connectivity index (χ1v) is 8.08. The second kappa shape index (κ2) is 5.87. The predicted octanol–water partition coefficient (Wildman–Crippen LogP) is 2.46. The van der Waals surface area contributed by atoms with Crippen LogP contribution in [0.4, 0.5) is 11.4 Å². The molecule has 0 fully saturated rings. The summed E-state index contributed by atoms with van der Waals surface area (Å²) in [4.78, 5) is 0.274. The Morgan fingerprint density at radius 3 is 2.24 bits per heavy atom. The molecular weight excluding hydrogens is 288 g/mol. The Bertz CT molecular complexity index is 703. The highest BCUT2D eigenvalue weighted by molar-refractivity contribution is 7.89. The van der Waals surface area contributed by atoms with Gasteiger partial charge >= 0.3 is 0 Å². The molecule has 0 unspecified atom stereocenters. The highest BCUT2D eigenvalue weighted by atomic mass is 32.2. The minimum absolute atomic E-state index is 0.274. The van der Waals surface area contributed by atoms with Crippen LogP contribution in [0.1, 0.15) is 19.9 Å². The van der Waals surface area contributed by atoms with Crippen LogP contribution in [0.3, 0.4) is 0 Å². The van der Waals surface area contributed by atoms with E-state index in [1.165, 1.54) is 18.4 Å². The third-order valence-corrected chi connectivity index (χ3v) is 4.88. The molecule has 114 valence electrons.